The summed E-state index contributed by atoms with van der Waals surface area (Å²) in [5, 5.41) is 8.98. The van der Waals surface area contributed by atoms with E-state index in [0.29, 0.717) is 23.3 Å². The maximum Gasteiger partial charge on any atom is 0.210 e. The minimum atomic E-state index is 0.160. The number of aromatic nitrogens is 3. The van der Waals surface area contributed by atoms with Crippen molar-refractivity contribution in [2.75, 3.05) is 18.2 Å². The molecule has 26 heavy (non-hydrogen) atoms. The van der Waals surface area contributed by atoms with Gasteiger partial charge >= 0.3 is 0 Å². The van der Waals surface area contributed by atoms with Crippen LogP contribution in [0.2, 0.25) is 0 Å². The molecule has 0 radical (unpaired) electrons. The van der Waals surface area contributed by atoms with Crippen molar-refractivity contribution in [1.29, 1.82) is 0 Å². The minimum absolute atomic E-state index is 0.160. The summed E-state index contributed by atoms with van der Waals surface area (Å²) < 4.78 is 12.9. The van der Waals surface area contributed by atoms with Gasteiger partial charge in [-0.2, -0.15) is 0 Å². The SMILES string of the molecule is CC(C)Oc1ccc(OCCSc2nnc(-c3ccccc3)n2N)cc1. The summed E-state index contributed by atoms with van der Waals surface area (Å²) in [5.74, 6) is 9.11. The molecule has 6 nitrogen and oxygen atoms in total. The smallest absolute Gasteiger partial charge is 0.210 e. The van der Waals surface area contributed by atoms with Crippen LogP contribution < -0.4 is 15.3 Å². The molecular weight excluding hydrogens is 348 g/mol. The largest absolute Gasteiger partial charge is 0.493 e. The van der Waals surface area contributed by atoms with Gasteiger partial charge in [0.05, 0.1) is 12.7 Å². The molecule has 1 aromatic heterocycles. The van der Waals surface area contributed by atoms with Crippen molar-refractivity contribution < 1.29 is 9.47 Å². The predicted octanol–water partition coefficient (Wildman–Crippen LogP) is 3.62. The summed E-state index contributed by atoms with van der Waals surface area (Å²) in [5.41, 5.74) is 0.939. The molecule has 0 aliphatic rings. The molecule has 3 aromatic rings. The fourth-order valence-corrected chi connectivity index (χ4v) is 3.01. The molecule has 0 saturated heterocycles. The molecule has 0 amide bonds. The number of nitrogens with two attached hydrogens (primary N) is 1. The lowest BCUT2D eigenvalue weighted by Gasteiger charge is -2.10. The molecule has 0 unspecified atom stereocenters. The Balaban J connectivity index is 1.49. The van der Waals surface area contributed by atoms with E-state index in [1.807, 2.05) is 68.4 Å². The van der Waals surface area contributed by atoms with E-state index >= 15 is 0 Å². The van der Waals surface area contributed by atoms with Crippen molar-refractivity contribution in [3.63, 3.8) is 0 Å². The first kappa shape index (κ1) is 18.1. The Kier molecular flexibility index (Phi) is 6.01. The first-order valence-corrected chi connectivity index (χ1v) is 9.40. The Morgan fingerprint density at radius 2 is 1.69 bits per heavy atom. The number of nitrogen functional groups attached to an aromatic ring is 1. The first-order chi connectivity index (χ1) is 12.6. The van der Waals surface area contributed by atoms with E-state index in [2.05, 4.69) is 10.2 Å². The summed E-state index contributed by atoms with van der Waals surface area (Å²) in [6.45, 7) is 4.55. The Morgan fingerprint density at radius 3 is 2.38 bits per heavy atom. The number of benzene rings is 2. The molecule has 0 spiro atoms. The van der Waals surface area contributed by atoms with Crippen LogP contribution in [-0.2, 0) is 0 Å². The van der Waals surface area contributed by atoms with Crippen molar-refractivity contribution in [3.05, 3.63) is 54.6 Å². The Bertz CT molecular complexity index is 819. The zero-order chi connectivity index (χ0) is 18.4. The van der Waals surface area contributed by atoms with Crippen molar-refractivity contribution >= 4 is 11.8 Å². The van der Waals surface area contributed by atoms with E-state index in [1.54, 1.807) is 0 Å². The molecule has 0 saturated carbocycles. The van der Waals surface area contributed by atoms with Crippen LogP contribution in [0.1, 0.15) is 13.8 Å². The predicted molar refractivity (Wildman–Crippen MR) is 104 cm³/mol. The Morgan fingerprint density at radius 1 is 1.00 bits per heavy atom. The number of ether oxygens (including phenoxy) is 2. The van der Waals surface area contributed by atoms with Gasteiger partial charge in [-0.05, 0) is 38.1 Å². The standard InChI is InChI=1S/C19H22N4O2S/c1-14(2)25-17-10-8-16(9-11-17)24-12-13-26-19-22-21-18(23(19)20)15-6-4-3-5-7-15/h3-11,14H,12-13,20H2,1-2H3. The van der Waals surface area contributed by atoms with Crippen molar-refractivity contribution in [2.24, 2.45) is 0 Å². The van der Waals surface area contributed by atoms with E-state index < -0.39 is 0 Å². The Labute approximate surface area is 157 Å². The summed E-state index contributed by atoms with van der Waals surface area (Å²) in [6.07, 6.45) is 0.160. The lowest BCUT2D eigenvalue weighted by molar-refractivity contribution is 0.242. The maximum absolute atomic E-state index is 6.10. The summed E-state index contributed by atoms with van der Waals surface area (Å²) >= 11 is 1.51. The van der Waals surface area contributed by atoms with Gasteiger partial charge < -0.3 is 15.3 Å². The molecular formula is C19H22N4O2S. The lowest BCUT2D eigenvalue weighted by Crippen LogP contribution is -2.12. The van der Waals surface area contributed by atoms with Gasteiger partial charge in [-0.15, -0.1) is 10.2 Å². The molecule has 0 atom stereocenters. The number of rotatable bonds is 8. The highest BCUT2D eigenvalue weighted by atomic mass is 32.2. The highest BCUT2D eigenvalue weighted by Gasteiger charge is 2.11. The van der Waals surface area contributed by atoms with Crippen LogP contribution in [0.3, 0.4) is 0 Å². The molecule has 0 fully saturated rings. The number of nitrogens with zero attached hydrogens (tertiary/aromatic N) is 3. The third kappa shape index (κ3) is 4.70. The number of hydrogen-bond donors (Lipinski definition) is 1. The topological polar surface area (TPSA) is 75.2 Å². The van der Waals surface area contributed by atoms with Crippen molar-refractivity contribution in [2.45, 2.75) is 25.1 Å². The van der Waals surface area contributed by atoms with E-state index in [1.165, 1.54) is 16.4 Å². The van der Waals surface area contributed by atoms with E-state index in [4.69, 9.17) is 15.3 Å². The lowest BCUT2D eigenvalue weighted by atomic mass is 10.2. The van der Waals surface area contributed by atoms with Crippen molar-refractivity contribution in [3.8, 4) is 22.9 Å². The van der Waals surface area contributed by atoms with Crippen LogP contribution in [0.4, 0.5) is 0 Å². The van der Waals surface area contributed by atoms with Gasteiger partial charge in [-0.1, -0.05) is 42.1 Å². The van der Waals surface area contributed by atoms with Crippen LogP contribution in [0.15, 0.2) is 59.8 Å². The molecule has 0 aliphatic carbocycles. The number of hydrogen-bond acceptors (Lipinski definition) is 6. The normalized spacial score (nSPS) is 10.9. The van der Waals surface area contributed by atoms with Gasteiger partial charge in [0.25, 0.3) is 0 Å². The second-order valence-electron chi connectivity index (χ2n) is 5.88. The quantitative estimate of drug-likeness (QED) is 0.371. The fourth-order valence-electron chi connectivity index (χ4n) is 2.34. The molecule has 2 aromatic carbocycles. The number of thioether (sulfide) groups is 1. The molecule has 2 N–H and O–H groups in total. The van der Waals surface area contributed by atoms with E-state index in [-0.39, 0.29) is 6.10 Å². The zero-order valence-electron chi connectivity index (χ0n) is 14.8. The van der Waals surface area contributed by atoms with E-state index in [9.17, 15) is 0 Å². The summed E-state index contributed by atoms with van der Waals surface area (Å²) in [7, 11) is 0. The fraction of sp³-hybridized carbons (Fsp3) is 0.263. The average molecular weight is 370 g/mol. The third-order valence-electron chi connectivity index (χ3n) is 3.48. The van der Waals surface area contributed by atoms with Gasteiger partial charge in [-0.25, -0.2) is 4.68 Å². The average Bonchev–Trinajstić information content (AvgIpc) is 3.01. The second-order valence-corrected chi connectivity index (χ2v) is 6.94. The van der Waals surface area contributed by atoms with Crippen LogP contribution >= 0.6 is 11.8 Å². The van der Waals surface area contributed by atoms with Gasteiger partial charge in [0, 0.05) is 11.3 Å². The molecule has 0 aliphatic heterocycles. The highest BCUT2D eigenvalue weighted by molar-refractivity contribution is 7.99. The Hall–Kier alpha value is -2.67. The molecule has 7 heteroatoms. The third-order valence-corrected chi connectivity index (χ3v) is 4.38. The van der Waals surface area contributed by atoms with Crippen molar-refractivity contribution in [1.82, 2.24) is 14.9 Å². The highest BCUT2D eigenvalue weighted by Crippen LogP contribution is 2.22. The van der Waals surface area contributed by atoms with Gasteiger partial charge in [-0.3, -0.25) is 0 Å². The van der Waals surface area contributed by atoms with Crippen LogP contribution in [-0.4, -0.2) is 33.3 Å². The van der Waals surface area contributed by atoms with Gasteiger partial charge in [0.1, 0.15) is 11.5 Å². The van der Waals surface area contributed by atoms with Gasteiger partial charge in [0.15, 0.2) is 5.82 Å². The summed E-state index contributed by atoms with van der Waals surface area (Å²) in [4.78, 5) is 0. The molecule has 136 valence electrons. The molecule has 1 heterocycles. The maximum atomic E-state index is 6.10. The van der Waals surface area contributed by atoms with E-state index in [0.717, 1.165) is 17.1 Å². The minimum Gasteiger partial charge on any atom is -0.493 e. The zero-order valence-corrected chi connectivity index (χ0v) is 15.6. The molecule has 3 rings (SSSR count). The summed E-state index contributed by atoms with van der Waals surface area (Å²) in [6, 6.07) is 17.4. The second kappa shape index (κ2) is 8.62. The van der Waals surface area contributed by atoms with Crippen LogP contribution in [0, 0.1) is 0 Å². The van der Waals surface area contributed by atoms with Gasteiger partial charge in [0.2, 0.25) is 5.16 Å². The first-order valence-electron chi connectivity index (χ1n) is 8.41. The monoisotopic (exact) mass is 370 g/mol. The van der Waals surface area contributed by atoms with Crippen LogP contribution in [0.5, 0.6) is 11.5 Å². The molecule has 0 bridgehead atoms. The van der Waals surface area contributed by atoms with Crippen LogP contribution in [0.25, 0.3) is 11.4 Å².